The van der Waals surface area contributed by atoms with Crippen LogP contribution in [0.25, 0.3) is 0 Å². The molecular weight excluding hydrogens is 406 g/mol. The summed E-state index contributed by atoms with van der Waals surface area (Å²) < 4.78 is 10.3. The normalized spacial score (nSPS) is 10.6. The van der Waals surface area contributed by atoms with Crippen molar-refractivity contribution < 1.29 is 23.9 Å². The molecule has 2 aromatic rings. The highest BCUT2D eigenvalue weighted by atomic mass is 32.1. The first kappa shape index (κ1) is 23.4. The van der Waals surface area contributed by atoms with E-state index in [9.17, 15) is 14.4 Å². The Morgan fingerprint density at radius 1 is 1.23 bits per heavy atom. The van der Waals surface area contributed by atoms with Crippen molar-refractivity contribution in [3.05, 3.63) is 45.8 Å². The molecule has 2 rings (SSSR count). The lowest BCUT2D eigenvalue weighted by Crippen LogP contribution is -2.30. The number of carbonyl (C=O) groups is 3. The maximum absolute atomic E-state index is 12.6. The Bertz CT molecular complexity index is 925. The van der Waals surface area contributed by atoms with Gasteiger partial charge in [-0.2, -0.15) is 0 Å². The third-order valence-corrected chi connectivity index (χ3v) is 5.52. The summed E-state index contributed by atoms with van der Waals surface area (Å²) in [5.74, 6) is -0.434. The number of anilines is 1. The van der Waals surface area contributed by atoms with Crippen molar-refractivity contribution >= 4 is 34.1 Å². The van der Waals surface area contributed by atoms with Crippen molar-refractivity contribution in [1.82, 2.24) is 10.2 Å². The van der Waals surface area contributed by atoms with E-state index in [-0.39, 0.29) is 30.5 Å². The summed E-state index contributed by atoms with van der Waals surface area (Å²) in [4.78, 5) is 39.3. The fourth-order valence-electron chi connectivity index (χ4n) is 2.93. The van der Waals surface area contributed by atoms with Gasteiger partial charge in [0.1, 0.15) is 10.8 Å². The van der Waals surface area contributed by atoms with Gasteiger partial charge in [0, 0.05) is 13.6 Å². The van der Waals surface area contributed by atoms with Crippen LogP contribution < -0.4 is 15.4 Å². The van der Waals surface area contributed by atoms with E-state index in [1.54, 1.807) is 21.0 Å². The van der Waals surface area contributed by atoms with E-state index in [1.165, 1.54) is 7.05 Å². The average molecular weight is 434 g/mol. The van der Waals surface area contributed by atoms with Crippen LogP contribution >= 0.6 is 11.3 Å². The first-order chi connectivity index (χ1) is 14.3. The van der Waals surface area contributed by atoms with Crippen molar-refractivity contribution in [2.24, 2.45) is 0 Å². The predicted octanol–water partition coefficient (Wildman–Crippen LogP) is 2.67. The lowest BCUT2D eigenvalue weighted by molar-refractivity contribution is -0.117. The SMILES string of the molecule is CCOC(=O)c1c(NC(=O)CN(C)Cc2cccc(OC)c2)sc(C(=O)NC)c1C. The molecule has 0 fully saturated rings. The standard InChI is InChI=1S/C21H27N3O5S/c1-6-29-21(27)17-13(2)18(19(26)22-3)30-20(17)23-16(25)12-24(4)11-14-8-7-9-15(10-14)28-5/h7-10H,6,11-12H2,1-5H3,(H,22,26)(H,23,25). The largest absolute Gasteiger partial charge is 0.497 e. The van der Waals surface area contributed by atoms with Crippen LogP contribution in [0, 0.1) is 6.92 Å². The van der Waals surface area contributed by atoms with Gasteiger partial charge in [-0.05, 0) is 44.2 Å². The van der Waals surface area contributed by atoms with Crippen molar-refractivity contribution in [2.75, 3.05) is 39.7 Å². The summed E-state index contributed by atoms with van der Waals surface area (Å²) in [6.45, 7) is 4.21. The number of hydrogen-bond donors (Lipinski definition) is 2. The van der Waals surface area contributed by atoms with E-state index < -0.39 is 5.97 Å². The van der Waals surface area contributed by atoms with Crippen LogP contribution in [0.3, 0.4) is 0 Å². The summed E-state index contributed by atoms with van der Waals surface area (Å²) in [6.07, 6.45) is 0. The van der Waals surface area contributed by atoms with Crippen LogP contribution in [0.2, 0.25) is 0 Å². The summed E-state index contributed by atoms with van der Waals surface area (Å²) in [5.41, 5.74) is 1.70. The molecule has 0 aliphatic heterocycles. The molecule has 0 aliphatic carbocycles. The van der Waals surface area contributed by atoms with Crippen LogP contribution in [0.5, 0.6) is 5.75 Å². The van der Waals surface area contributed by atoms with E-state index in [4.69, 9.17) is 9.47 Å². The Balaban J connectivity index is 2.14. The van der Waals surface area contributed by atoms with Gasteiger partial charge in [-0.15, -0.1) is 11.3 Å². The molecule has 0 saturated heterocycles. The molecule has 8 nitrogen and oxygen atoms in total. The van der Waals surface area contributed by atoms with Gasteiger partial charge >= 0.3 is 5.97 Å². The lowest BCUT2D eigenvalue weighted by atomic mass is 10.1. The molecule has 9 heteroatoms. The van der Waals surface area contributed by atoms with Crippen LogP contribution in [-0.4, -0.2) is 57.0 Å². The Labute approximate surface area is 180 Å². The van der Waals surface area contributed by atoms with Crippen LogP contribution in [-0.2, 0) is 16.1 Å². The Kier molecular flexibility index (Phi) is 8.37. The van der Waals surface area contributed by atoms with Crippen molar-refractivity contribution in [2.45, 2.75) is 20.4 Å². The number of nitrogens with zero attached hydrogens (tertiary/aromatic N) is 1. The highest BCUT2D eigenvalue weighted by Crippen LogP contribution is 2.33. The van der Waals surface area contributed by atoms with Crippen molar-refractivity contribution in [3.8, 4) is 5.75 Å². The third-order valence-electron chi connectivity index (χ3n) is 4.31. The molecule has 0 radical (unpaired) electrons. The number of esters is 1. The van der Waals surface area contributed by atoms with Crippen LogP contribution in [0.1, 0.15) is 38.1 Å². The zero-order valence-electron chi connectivity index (χ0n) is 17.8. The second-order valence-corrected chi connectivity index (χ2v) is 7.65. The molecule has 0 atom stereocenters. The van der Waals surface area contributed by atoms with Gasteiger partial charge in [0.2, 0.25) is 5.91 Å². The number of benzene rings is 1. The van der Waals surface area contributed by atoms with E-state index in [2.05, 4.69) is 10.6 Å². The minimum atomic E-state index is -0.568. The number of carbonyl (C=O) groups excluding carboxylic acids is 3. The maximum Gasteiger partial charge on any atom is 0.341 e. The second kappa shape index (κ2) is 10.7. The van der Waals surface area contributed by atoms with Crippen LogP contribution in [0.15, 0.2) is 24.3 Å². The van der Waals surface area contributed by atoms with Gasteiger partial charge in [0.05, 0.1) is 30.7 Å². The number of rotatable bonds is 9. The molecule has 0 saturated carbocycles. The van der Waals surface area contributed by atoms with Crippen molar-refractivity contribution in [3.63, 3.8) is 0 Å². The minimum Gasteiger partial charge on any atom is -0.497 e. The fraction of sp³-hybridized carbons (Fsp3) is 0.381. The second-order valence-electron chi connectivity index (χ2n) is 6.63. The molecule has 0 aliphatic rings. The summed E-state index contributed by atoms with van der Waals surface area (Å²) >= 11 is 1.06. The average Bonchev–Trinajstić information content (AvgIpc) is 3.03. The van der Waals surface area contributed by atoms with Crippen LogP contribution in [0.4, 0.5) is 5.00 Å². The number of likely N-dealkylation sites (N-methyl/N-ethyl adjacent to an activating group) is 1. The van der Waals surface area contributed by atoms with E-state index in [1.807, 2.05) is 36.2 Å². The van der Waals surface area contributed by atoms with Gasteiger partial charge in [-0.1, -0.05) is 12.1 Å². The molecule has 0 bridgehead atoms. The smallest absolute Gasteiger partial charge is 0.341 e. The van der Waals surface area contributed by atoms with Gasteiger partial charge in [-0.25, -0.2) is 4.79 Å². The maximum atomic E-state index is 12.6. The van der Waals surface area contributed by atoms with E-state index in [0.29, 0.717) is 22.0 Å². The number of hydrogen-bond acceptors (Lipinski definition) is 7. The van der Waals surface area contributed by atoms with Gasteiger partial charge in [0.15, 0.2) is 0 Å². The third kappa shape index (κ3) is 5.80. The molecule has 1 aromatic carbocycles. The van der Waals surface area contributed by atoms with Gasteiger partial charge in [-0.3, -0.25) is 14.5 Å². The summed E-state index contributed by atoms with van der Waals surface area (Å²) in [6, 6.07) is 7.61. The van der Waals surface area contributed by atoms with Gasteiger partial charge in [0.25, 0.3) is 5.91 Å². The van der Waals surface area contributed by atoms with Crippen molar-refractivity contribution in [1.29, 1.82) is 0 Å². The molecular formula is C21H27N3O5S. The minimum absolute atomic E-state index is 0.103. The quantitative estimate of drug-likeness (QED) is 0.590. The Morgan fingerprint density at radius 2 is 1.97 bits per heavy atom. The summed E-state index contributed by atoms with van der Waals surface area (Å²) in [7, 11) is 4.94. The first-order valence-electron chi connectivity index (χ1n) is 9.44. The number of amides is 2. The lowest BCUT2D eigenvalue weighted by Gasteiger charge is -2.16. The zero-order valence-corrected chi connectivity index (χ0v) is 18.6. The van der Waals surface area contributed by atoms with E-state index >= 15 is 0 Å². The molecule has 30 heavy (non-hydrogen) atoms. The molecule has 162 valence electrons. The summed E-state index contributed by atoms with van der Waals surface area (Å²) in [5, 5.41) is 5.62. The Morgan fingerprint density at radius 3 is 2.60 bits per heavy atom. The molecule has 0 unspecified atom stereocenters. The molecule has 0 spiro atoms. The first-order valence-corrected chi connectivity index (χ1v) is 10.3. The highest BCUT2D eigenvalue weighted by Gasteiger charge is 2.26. The van der Waals surface area contributed by atoms with Gasteiger partial charge < -0.3 is 20.1 Å². The number of nitrogens with one attached hydrogen (secondary N) is 2. The fourth-order valence-corrected chi connectivity index (χ4v) is 4.09. The number of thiophene rings is 1. The Hall–Kier alpha value is -2.91. The topological polar surface area (TPSA) is 97.0 Å². The number of methoxy groups -OCH3 is 1. The predicted molar refractivity (Wildman–Crippen MR) is 116 cm³/mol. The number of ether oxygens (including phenoxy) is 2. The monoisotopic (exact) mass is 433 g/mol. The molecule has 1 heterocycles. The van der Waals surface area contributed by atoms with E-state index in [0.717, 1.165) is 22.6 Å². The molecule has 2 amide bonds. The highest BCUT2D eigenvalue weighted by molar-refractivity contribution is 7.18. The molecule has 1 aromatic heterocycles. The molecule has 2 N–H and O–H groups in total. The zero-order chi connectivity index (χ0) is 22.3.